The van der Waals surface area contributed by atoms with Gasteiger partial charge in [-0.15, -0.1) is 0 Å². The van der Waals surface area contributed by atoms with Gasteiger partial charge < -0.3 is 4.74 Å². The molecule has 0 atom stereocenters. The number of ether oxygens (including phenoxy) is 1. The molecule has 21 heavy (non-hydrogen) atoms. The zero-order chi connectivity index (χ0) is 16.5. The summed E-state index contributed by atoms with van der Waals surface area (Å²) in [5.41, 5.74) is 0. The summed E-state index contributed by atoms with van der Waals surface area (Å²) in [7, 11) is -5.54. The Morgan fingerprint density at radius 2 is 1.52 bits per heavy atom. The number of carbonyl (C=O) groups is 1. The van der Waals surface area contributed by atoms with Gasteiger partial charge in [0.2, 0.25) is 17.4 Å². The molecule has 0 aliphatic rings. The van der Waals surface area contributed by atoms with Gasteiger partial charge in [-0.3, -0.25) is 9.35 Å². The Balaban J connectivity index is 3.42. The lowest BCUT2D eigenvalue weighted by Crippen LogP contribution is -2.16. The Hall–Kier alpha value is -1.68. The van der Waals surface area contributed by atoms with Gasteiger partial charge in [0.1, 0.15) is 0 Å². The lowest BCUT2D eigenvalue weighted by atomic mass is 10.1. The van der Waals surface area contributed by atoms with Crippen molar-refractivity contribution in [2.75, 3.05) is 0 Å². The van der Waals surface area contributed by atoms with Crippen molar-refractivity contribution in [3.8, 4) is 5.75 Å². The molecule has 118 valence electrons. The van der Waals surface area contributed by atoms with Crippen LogP contribution in [0.5, 0.6) is 5.75 Å². The van der Waals surface area contributed by atoms with Crippen molar-refractivity contribution < 1.29 is 40.1 Å². The Morgan fingerprint density at radius 1 is 1.10 bits per heavy atom. The summed E-state index contributed by atoms with van der Waals surface area (Å²) >= 11 is 0. The van der Waals surface area contributed by atoms with E-state index in [1.54, 1.807) is 13.8 Å². The van der Waals surface area contributed by atoms with Gasteiger partial charge in [0.25, 0.3) is 0 Å². The zero-order valence-electron chi connectivity index (χ0n) is 10.8. The van der Waals surface area contributed by atoms with Crippen molar-refractivity contribution in [2.45, 2.75) is 25.2 Å². The summed E-state index contributed by atoms with van der Waals surface area (Å²) < 4.78 is 87.9. The van der Waals surface area contributed by atoms with Crippen molar-refractivity contribution in [2.24, 2.45) is 5.92 Å². The first-order chi connectivity index (χ1) is 9.46. The Morgan fingerprint density at radius 3 is 1.86 bits per heavy atom. The molecule has 0 saturated heterocycles. The van der Waals surface area contributed by atoms with Gasteiger partial charge in [-0.25, -0.2) is 8.78 Å². The lowest BCUT2D eigenvalue weighted by molar-refractivity contribution is -0.135. The number of benzene rings is 1. The van der Waals surface area contributed by atoms with E-state index in [-0.39, 0.29) is 12.3 Å². The van der Waals surface area contributed by atoms with Gasteiger partial charge >= 0.3 is 16.1 Å². The fourth-order valence-electron chi connectivity index (χ4n) is 1.40. The van der Waals surface area contributed by atoms with E-state index in [4.69, 9.17) is 4.55 Å². The Kier molecular flexibility index (Phi) is 4.95. The minimum Gasteiger partial charge on any atom is -0.420 e. The number of hydrogen-bond acceptors (Lipinski definition) is 4. The molecule has 0 radical (unpaired) electrons. The van der Waals surface area contributed by atoms with E-state index >= 15 is 0 Å². The second kappa shape index (κ2) is 5.98. The van der Waals surface area contributed by atoms with E-state index in [0.717, 1.165) is 0 Å². The maximum Gasteiger partial charge on any atom is 0.311 e. The summed E-state index contributed by atoms with van der Waals surface area (Å²) in [6.07, 6.45) is -0.290. The average molecular weight is 330 g/mol. The maximum absolute atomic E-state index is 13.5. The van der Waals surface area contributed by atoms with Gasteiger partial charge in [-0.1, -0.05) is 13.8 Å². The van der Waals surface area contributed by atoms with Crippen molar-refractivity contribution in [3.63, 3.8) is 0 Å². The molecule has 0 unspecified atom stereocenters. The first kappa shape index (κ1) is 17.4. The summed E-state index contributed by atoms with van der Waals surface area (Å²) in [4.78, 5) is 9.07. The highest BCUT2D eigenvalue weighted by Crippen LogP contribution is 2.32. The molecule has 0 saturated carbocycles. The van der Waals surface area contributed by atoms with Crippen LogP contribution >= 0.6 is 0 Å². The molecule has 10 heteroatoms. The van der Waals surface area contributed by atoms with Crippen LogP contribution in [-0.4, -0.2) is 18.9 Å². The Bertz CT molecular complexity index is 655. The van der Waals surface area contributed by atoms with Crippen LogP contribution in [0.3, 0.4) is 0 Å². The van der Waals surface area contributed by atoms with Gasteiger partial charge in [0.15, 0.2) is 16.5 Å². The molecule has 5 nitrogen and oxygen atoms in total. The third kappa shape index (κ3) is 3.70. The molecule has 0 aliphatic carbocycles. The second-order valence-electron chi connectivity index (χ2n) is 4.46. The minimum atomic E-state index is -5.54. The van der Waals surface area contributed by atoms with Crippen LogP contribution < -0.4 is 4.74 Å². The van der Waals surface area contributed by atoms with Crippen molar-refractivity contribution >= 4 is 16.1 Å². The van der Waals surface area contributed by atoms with E-state index in [0.29, 0.717) is 0 Å². The minimum absolute atomic E-state index is 0.254. The molecule has 0 aliphatic heterocycles. The summed E-state index contributed by atoms with van der Waals surface area (Å²) in [6.45, 7) is 3.16. The van der Waals surface area contributed by atoms with Crippen LogP contribution in [0.25, 0.3) is 0 Å². The highest BCUT2D eigenvalue weighted by Gasteiger charge is 2.34. The molecule has 1 aromatic rings. The zero-order valence-corrected chi connectivity index (χ0v) is 11.6. The first-order valence-corrected chi connectivity index (χ1v) is 6.94. The van der Waals surface area contributed by atoms with Crippen molar-refractivity contribution in [1.82, 2.24) is 0 Å². The van der Waals surface area contributed by atoms with Crippen LogP contribution in [0.4, 0.5) is 17.6 Å². The summed E-state index contributed by atoms with van der Waals surface area (Å²) in [5, 5.41) is 0. The second-order valence-corrected chi connectivity index (χ2v) is 5.82. The van der Waals surface area contributed by atoms with E-state index in [1.165, 1.54) is 0 Å². The molecule has 0 heterocycles. The number of rotatable bonds is 4. The van der Waals surface area contributed by atoms with E-state index in [9.17, 15) is 30.8 Å². The molecule has 0 bridgehead atoms. The fraction of sp³-hybridized carbons (Fsp3) is 0.364. The van der Waals surface area contributed by atoms with E-state index < -0.39 is 50.0 Å². The molecular formula is C11H10F4O5S. The molecule has 1 N–H and O–H groups in total. The van der Waals surface area contributed by atoms with E-state index in [1.807, 2.05) is 0 Å². The third-order valence-electron chi connectivity index (χ3n) is 2.23. The van der Waals surface area contributed by atoms with Gasteiger partial charge in [0.05, 0.1) is 0 Å². The normalized spacial score (nSPS) is 11.8. The quantitative estimate of drug-likeness (QED) is 0.301. The smallest absolute Gasteiger partial charge is 0.311 e. The number of hydrogen-bond donors (Lipinski definition) is 1. The molecule has 1 aromatic carbocycles. The molecule has 1 rings (SSSR count). The monoisotopic (exact) mass is 330 g/mol. The van der Waals surface area contributed by atoms with Gasteiger partial charge in [-0.2, -0.15) is 17.2 Å². The van der Waals surface area contributed by atoms with E-state index in [2.05, 4.69) is 4.74 Å². The van der Waals surface area contributed by atoms with Crippen molar-refractivity contribution in [1.29, 1.82) is 0 Å². The summed E-state index contributed by atoms with van der Waals surface area (Å²) in [6, 6.07) is 0. The van der Waals surface area contributed by atoms with Crippen LogP contribution in [0.15, 0.2) is 4.90 Å². The topological polar surface area (TPSA) is 80.7 Å². The largest absolute Gasteiger partial charge is 0.420 e. The molecule has 0 amide bonds. The first-order valence-electron chi connectivity index (χ1n) is 5.50. The van der Waals surface area contributed by atoms with Gasteiger partial charge in [0, 0.05) is 6.42 Å². The predicted molar refractivity (Wildman–Crippen MR) is 61.2 cm³/mol. The van der Waals surface area contributed by atoms with Crippen molar-refractivity contribution in [3.05, 3.63) is 23.3 Å². The SMILES string of the molecule is CC(C)CC(=O)Oc1c(F)c(F)c(S(=O)(=O)O)c(F)c1F. The third-order valence-corrected chi connectivity index (χ3v) is 3.11. The highest BCUT2D eigenvalue weighted by molar-refractivity contribution is 7.85. The predicted octanol–water partition coefficient (Wildman–Crippen LogP) is 2.44. The maximum atomic E-state index is 13.5. The van der Waals surface area contributed by atoms with Gasteiger partial charge in [-0.05, 0) is 5.92 Å². The molecule has 0 fully saturated rings. The summed E-state index contributed by atoms with van der Waals surface area (Å²) in [5.74, 6) is -12.4. The standard InChI is InChI=1S/C11H10F4O5S/c1-4(2)3-5(16)20-10-6(12)8(14)11(21(17,18)19)9(15)7(10)13/h4H,3H2,1-2H3,(H,17,18,19). The lowest BCUT2D eigenvalue weighted by Gasteiger charge is -2.11. The number of esters is 1. The van der Waals surface area contributed by atoms with Crippen LogP contribution in [0, 0.1) is 29.2 Å². The fourth-order valence-corrected chi connectivity index (χ4v) is 2.03. The number of carbonyl (C=O) groups excluding carboxylic acids is 1. The van der Waals surface area contributed by atoms with Crippen LogP contribution in [0.1, 0.15) is 20.3 Å². The van der Waals surface area contributed by atoms with Crippen LogP contribution in [-0.2, 0) is 14.9 Å². The average Bonchev–Trinajstić information content (AvgIpc) is 2.29. The van der Waals surface area contributed by atoms with Crippen LogP contribution in [0.2, 0.25) is 0 Å². The highest BCUT2D eigenvalue weighted by atomic mass is 32.2. The molecule has 0 aromatic heterocycles. The molecule has 0 spiro atoms. The Labute approximate surface area is 117 Å². The molecular weight excluding hydrogens is 320 g/mol. The number of halogens is 4.